The van der Waals surface area contributed by atoms with Gasteiger partial charge in [-0.25, -0.2) is 4.99 Å². The smallest absolute Gasteiger partial charge is 0.115 e. The minimum Gasteiger partial charge on any atom is -0.508 e. The molecule has 0 fully saturated rings. The van der Waals surface area contributed by atoms with Crippen molar-refractivity contribution in [3.05, 3.63) is 106 Å². The molecule has 2 N–H and O–H groups in total. The molecule has 0 saturated heterocycles. The molecule has 0 bridgehead atoms. The van der Waals surface area contributed by atoms with Gasteiger partial charge in [0.2, 0.25) is 0 Å². The van der Waals surface area contributed by atoms with E-state index in [9.17, 15) is 5.11 Å². The molecule has 4 aromatic rings. The fraction of sp³-hybridized carbons (Fsp3) is 0.179. The summed E-state index contributed by atoms with van der Waals surface area (Å²) in [6.45, 7) is 5.34. The van der Waals surface area contributed by atoms with Gasteiger partial charge in [0.15, 0.2) is 0 Å². The molecule has 3 heterocycles. The Balaban J connectivity index is 1.62. The van der Waals surface area contributed by atoms with E-state index in [1.54, 1.807) is 19.2 Å². The lowest BCUT2D eigenvalue weighted by Gasteiger charge is -2.11. The highest BCUT2D eigenvalue weighted by atomic mass is 16.5. The fourth-order valence-corrected chi connectivity index (χ4v) is 4.41. The third-order valence-electron chi connectivity index (χ3n) is 6.00. The van der Waals surface area contributed by atoms with Gasteiger partial charge in [-0.2, -0.15) is 0 Å². The average Bonchev–Trinajstić information content (AvgIpc) is 3.46. The molecule has 5 heteroatoms. The van der Waals surface area contributed by atoms with Crippen LogP contribution in [0.5, 0.6) is 5.75 Å². The predicted molar refractivity (Wildman–Crippen MR) is 134 cm³/mol. The summed E-state index contributed by atoms with van der Waals surface area (Å²) in [5.74, 6) is 0.272. The van der Waals surface area contributed by atoms with Gasteiger partial charge in [0.25, 0.3) is 0 Å². The summed E-state index contributed by atoms with van der Waals surface area (Å²) >= 11 is 0. The van der Waals surface area contributed by atoms with Crippen LogP contribution in [0, 0.1) is 13.8 Å². The number of hydrogen-bond donors (Lipinski definition) is 2. The number of aromatic hydroxyl groups is 1. The third-order valence-corrected chi connectivity index (χ3v) is 6.00. The van der Waals surface area contributed by atoms with E-state index < -0.39 is 0 Å². The van der Waals surface area contributed by atoms with Crippen LogP contribution in [0.15, 0.2) is 83.0 Å². The maximum atomic E-state index is 9.68. The molecule has 5 rings (SSSR count). The summed E-state index contributed by atoms with van der Waals surface area (Å²) in [4.78, 5) is 8.46. The van der Waals surface area contributed by atoms with E-state index in [0.29, 0.717) is 13.2 Å². The molecule has 0 unspecified atom stereocenters. The van der Waals surface area contributed by atoms with Crippen LogP contribution in [-0.2, 0) is 11.3 Å². The van der Waals surface area contributed by atoms with E-state index in [1.165, 1.54) is 10.9 Å². The fourth-order valence-electron chi connectivity index (χ4n) is 4.41. The lowest BCUT2D eigenvalue weighted by atomic mass is 10.1. The number of methoxy groups -OCH3 is 1. The number of aromatic amines is 1. The molecule has 1 aliphatic rings. The lowest BCUT2D eigenvalue weighted by Crippen LogP contribution is -2.08. The molecule has 5 nitrogen and oxygen atoms in total. The molecule has 0 atom stereocenters. The number of aryl methyl sites for hydroxylation is 2. The first-order valence-corrected chi connectivity index (χ1v) is 11.0. The first-order valence-electron chi connectivity index (χ1n) is 11.0. The number of benzene rings is 2. The molecule has 166 valence electrons. The maximum Gasteiger partial charge on any atom is 0.115 e. The van der Waals surface area contributed by atoms with Gasteiger partial charge in [0.05, 0.1) is 23.7 Å². The highest BCUT2D eigenvalue weighted by Gasteiger charge is 2.20. The van der Waals surface area contributed by atoms with Crippen molar-refractivity contribution in [2.45, 2.75) is 20.4 Å². The number of phenols is 1. The van der Waals surface area contributed by atoms with Crippen LogP contribution >= 0.6 is 0 Å². The van der Waals surface area contributed by atoms with Crippen LogP contribution in [0.1, 0.15) is 28.2 Å². The number of aromatic nitrogens is 2. The SMILES string of the molecule is COCC1=CC(c2cc3ccccc3n2Cc2ccc(O)cc2)=N/C1=C\c1[nH]c(C)cc1C. The van der Waals surface area contributed by atoms with Gasteiger partial charge in [-0.3, -0.25) is 0 Å². The second-order valence-corrected chi connectivity index (χ2v) is 8.52. The van der Waals surface area contributed by atoms with Crippen LogP contribution < -0.4 is 0 Å². The van der Waals surface area contributed by atoms with Crippen LogP contribution in [0.2, 0.25) is 0 Å². The van der Waals surface area contributed by atoms with Crippen molar-refractivity contribution in [3.8, 4) is 5.75 Å². The standard InChI is InChI=1S/C28H27N3O2/c1-18-12-19(2)29-24(18)15-25-22(17-33-3)13-26(30-25)28-14-21-6-4-5-7-27(21)31(28)16-20-8-10-23(32)11-9-20/h4-15,29,32H,16-17H2,1-3H3/b25-15-. The van der Waals surface area contributed by atoms with E-state index in [2.05, 4.69) is 71.9 Å². The van der Waals surface area contributed by atoms with Gasteiger partial charge in [-0.05, 0) is 67.5 Å². The maximum absolute atomic E-state index is 9.68. The average molecular weight is 438 g/mol. The highest BCUT2D eigenvalue weighted by molar-refractivity contribution is 6.13. The zero-order valence-electron chi connectivity index (χ0n) is 19.1. The van der Waals surface area contributed by atoms with E-state index in [1.807, 2.05) is 12.1 Å². The largest absolute Gasteiger partial charge is 0.508 e. The normalized spacial score (nSPS) is 14.8. The molecule has 0 saturated carbocycles. The summed E-state index contributed by atoms with van der Waals surface area (Å²) < 4.78 is 7.77. The number of nitrogens with one attached hydrogen (secondary N) is 1. The molecule has 0 spiro atoms. The Hall–Kier alpha value is -3.83. The molecule has 0 amide bonds. The van der Waals surface area contributed by atoms with Gasteiger partial charge in [-0.1, -0.05) is 30.3 Å². The van der Waals surface area contributed by atoms with Crippen molar-refractivity contribution < 1.29 is 9.84 Å². The number of phenolic OH excluding ortho intramolecular Hbond substituents is 1. The van der Waals surface area contributed by atoms with Crippen LogP contribution in [0.4, 0.5) is 0 Å². The predicted octanol–water partition coefficient (Wildman–Crippen LogP) is 5.76. The van der Waals surface area contributed by atoms with Gasteiger partial charge >= 0.3 is 0 Å². The molecular weight excluding hydrogens is 410 g/mol. The van der Waals surface area contributed by atoms with E-state index >= 15 is 0 Å². The molecule has 0 aliphatic carbocycles. The van der Waals surface area contributed by atoms with E-state index in [4.69, 9.17) is 9.73 Å². The first-order chi connectivity index (χ1) is 16.0. The number of allylic oxidation sites excluding steroid dienone is 1. The van der Waals surface area contributed by atoms with E-state index in [-0.39, 0.29) is 5.75 Å². The van der Waals surface area contributed by atoms with Crippen molar-refractivity contribution in [1.82, 2.24) is 9.55 Å². The summed E-state index contributed by atoms with van der Waals surface area (Å²) in [6, 6.07) is 20.1. The zero-order chi connectivity index (χ0) is 22.9. The van der Waals surface area contributed by atoms with Crippen LogP contribution in [-0.4, -0.2) is 34.1 Å². The number of rotatable bonds is 6. The molecule has 33 heavy (non-hydrogen) atoms. The number of ether oxygens (including phenoxy) is 1. The van der Waals surface area contributed by atoms with Gasteiger partial charge < -0.3 is 19.4 Å². The minimum atomic E-state index is 0.272. The number of H-pyrrole nitrogens is 1. The summed E-state index contributed by atoms with van der Waals surface area (Å²) in [5, 5.41) is 10.8. The lowest BCUT2D eigenvalue weighted by molar-refractivity contribution is 0.227. The summed E-state index contributed by atoms with van der Waals surface area (Å²) in [5.41, 5.74) is 9.61. The molecule has 1 aliphatic heterocycles. The van der Waals surface area contributed by atoms with Crippen molar-refractivity contribution in [2.24, 2.45) is 4.99 Å². The molecule has 2 aromatic heterocycles. The number of nitrogens with zero attached hydrogens (tertiary/aromatic N) is 2. The van der Waals surface area contributed by atoms with Gasteiger partial charge in [0, 0.05) is 41.5 Å². The quantitative estimate of drug-likeness (QED) is 0.403. The van der Waals surface area contributed by atoms with Crippen molar-refractivity contribution in [3.63, 3.8) is 0 Å². The Morgan fingerprint density at radius 3 is 2.58 bits per heavy atom. The minimum absolute atomic E-state index is 0.272. The summed E-state index contributed by atoms with van der Waals surface area (Å²) in [7, 11) is 1.71. The Morgan fingerprint density at radius 2 is 1.85 bits per heavy atom. The van der Waals surface area contributed by atoms with Crippen molar-refractivity contribution in [2.75, 3.05) is 13.7 Å². The zero-order valence-corrected chi connectivity index (χ0v) is 19.1. The molecular formula is C28H27N3O2. The molecule has 2 aromatic carbocycles. The second-order valence-electron chi connectivity index (χ2n) is 8.52. The number of hydrogen-bond acceptors (Lipinski definition) is 3. The van der Waals surface area contributed by atoms with Gasteiger partial charge in [-0.15, -0.1) is 0 Å². The topological polar surface area (TPSA) is 62.5 Å². The third kappa shape index (κ3) is 4.15. The first kappa shape index (κ1) is 21.0. The van der Waals surface area contributed by atoms with Crippen LogP contribution in [0.3, 0.4) is 0 Å². The Morgan fingerprint density at radius 1 is 1.06 bits per heavy atom. The van der Waals surface area contributed by atoms with Crippen molar-refractivity contribution in [1.29, 1.82) is 0 Å². The number of para-hydroxylation sites is 1. The summed E-state index contributed by atoms with van der Waals surface area (Å²) in [6.07, 6.45) is 4.23. The Bertz CT molecular complexity index is 1420. The highest BCUT2D eigenvalue weighted by Crippen LogP contribution is 2.29. The number of aliphatic imine (C=N–C) groups is 1. The van der Waals surface area contributed by atoms with Gasteiger partial charge in [0.1, 0.15) is 5.75 Å². The monoisotopic (exact) mass is 437 g/mol. The Labute approximate surface area is 193 Å². The van der Waals surface area contributed by atoms with E-state index in [0.717, 1.165) is 45.1 Å². The van der Waals surface area contributed by atoms with Crippen LogP contribution in [0.25, 0.3) is 17.0 Å². The number of fused-ring (bicyclic) bond motifs is 1. The second kappa shape index (κ2) is 8.60. The molecule has 0 radical (unpaired) electrons. The van der Waals surface area contributed by atoms with Crippen molar-refractivity contribution >= 4 is 22.7 Å². The Kier molecular flexibility index (Phi) is 5.48.